The number of ketones is 1. The molecular weight excluding hydrogens is 308 g/mol. The summed E-state index contributed by atoms with van der Waals surface area (Å²) in [5.41, 5.74) is 2.29. The lowest BCUT2D eigenvalue weighted by Crippen LogP contribution is -2.35. The molecule has 0 aliphatic carbocycles. The van der Waals surface area contributed by atoms with Crippen LogP contribution < -0.4 is 4.57 Å². The lowest BCUT2D eigenvalue weighted by molar-refractivity contribution is -0.689. The third-order valence-corrected chi connectivity index (χ3v) is 4.21. The van der Waals surface area contributed by atoms with Crippen LogP contribution in [0.2, 0.25) is 0 Å². The van der Waals surface area contributed by atoms with Gasteiger partial charge in [-0.1, -0.05) is 66.7 Å². The van der Waals surface area contributed by atoms with Crippen molar-refractivity contribution in [3.8, 4) is 0 Å². The Kier molecular flexibility index (Phi) is 4.05. The first kappa shape index (κ1) is 15.2. The highest BCUT2D eigenvalue weighted by atomic mass is 16.1. The van der Waals surface area contributed by atoms with Crippen LogP contribution in [0.1, 0.15) is 21.6 Å². The van der Waals surface area contributed by atoms with Gasteiger partial charge in [-0.2, -0.15) is 4.57 Å². The van der Waals surface area contributed by atoms with Gasteiger partial charge in [-0.05, 0) is 16.8 Å². The van der Waals surface area contributed by atoms with E-state index < -0.39 is 0 Å². The Morgan fingerprint density at radius 1 is 0.880 bits per heavy atom. The summed E-state index contributed by atoms with van der Waals surface area (Å²) in [6.07, 6.45) is 5.37. The predicted molar refractivity (Wildman–Crippen MR) is 97.4 cm³/mol. The largest absolute Gasteiger partial charge is 0.287 e. The van der Waals surface area contributed by atoms with Gasteiger partial charge in [0.05, 0.1) is 6.20 Å². The summed E-state index contributed by atoms with van der Waals surface area (Å²) in [5, 5.41) is 2.18. The van der Waals surface area contributed by atoms with Gasteiger partial charge in [0.25, 0.3) is 0 Å². The molecule has 3 heteroatoms. The first-order valence-electron chi connectivity index (χ1n) is 8.22. The minimum atomic E-state index is -0.0619. The van der Waals surface area contributed by atoms with E-state index in [9.17, 15) is 4.79 Å². The lowest BCUT2D eigenvalue weighted by Gasteiger charge is -2.03. The highest BCUT2D eigenvalue weighted by Crippen LogP contribution is 2.17. The predicted octanol–water partition coefficient (Wildman–Crippen LogP) is 3.80. The van der Waals surface area contributed by atoms with Gasteiger partial charge in [-0.25, -0.2) is 4.98 Å². The zero-order valence-electron chi connectivity index (χ0n) is 13.7. The molecule has 1 aromatic heterocycles. The van der Waals surface area contributed by atoms with Gasteiger partial charge >= 0.3 is 0 Å². The minimum absolute atomic E-state index is 0.0619. The number of hydrogen-bond donors (Lipinski definition) is 0. The summed E-state index contributed by atoms with van der Waals surface area (Å²) >= 11 is 0. The number of hydrogen-bond acceptors (Lipinski definition) is 2. The van der Waals surface area contributed by atoms with E-state index in [1.165, 1.54) is 5.56 Å². The Morgan fingerprint density at radius 3 is 2.48 bits per heavy atom. The van der Waals surface area contributed by atoms with E-state index in [2.05, 4.69) is 17.1 Å². The van der Waals surface area contributed by atoms with Crippen LogP contribution in [-0.4, -0.2) is 10.8 Å². The molecule has 0 unspecified atom stereocenters. The van der Waals surface area contributed by atoms with Crippen molar-refractivity contribution in [2.75, 3.05) is 0 Å². The number of fused-ring (bicyclic) bond motifs is 1. The van der Waals surface area contributed by atoms with Gasteiger partial charge in [-0.15, -0.1) is 0 Å². The van der Waals surface area contributed by atoms with Crippen molar-refractivity contribution in [1.29, 1.82) is 0 Å². The quantitative estimate of drug-likeness (QED) is 0.422. The number of rotatable bonds is 4. The van der Waals surface area contributed by atoms with Crippen molar-refractivity contribution < 1.29 is 9.36 Å². The van der Waals surface area contributed by atoms with Crippen LogP contribution in [0.4, 0.5) is 0 Å². The number of aromatic nitrogens is 2. The maximum Gasteiger partial charge on any atom is 0.217 e. The number of carbonyl (C=O) groups excluding carboxylic acids is 1. The minimum Gasteiger partial charge on any atom is -0.287 e. The Balaban J connectivity index is 1.64. The van der Waals surface area contributed by atoms with E-state index >= 15 is 0 Å². The van der Waals surface area contributed by atoms with Crippen molar-refractivity contribution >= 4 is 16.6 Å². The third kappa shape index (κ3) is 3.31. The van der Waals surface area contributed by atoms with E-state index in [1.807, 2.05) is 77.6 Å². The molecule has 3 aromatic carbocycles. The van der Waals surface area contributed by atoms with Crippen LogP contribution in [0.5, 0.6) is 0 Å². The monoisotopic (exact) mass is 325 g/mol. The number of benzene rings is 3. The maximum absolute atomic E-state index is 12.8. The van der Waals surface area contributed by atoms with Gasteiger partial charge in [0.15, 0.2) is 24.6 Å². The van der Waals surface area contributed by atoms with Crippen molar-refractivity contribution in [2.24, 2.45) is 0 Å². The summed E-state index contributed by atoms with van der Waals surface area (Å²) in [6.45, 7) is 0.710. The Labute approximate surface area is 146 Å². The summed E-state index contributed by atoms with van der Waals surface area (Å²) in [4.78, 5) is 17.1. The summed E-state index contributed by atoms with van der Waals surface area (Å²) in [5.74, 6) is -0.0619. The average molecular weight is 325 g/mol. The van der Waals surface area contributed by atoms with Crippen LogP contribution in [0.15, 0.2) is 91.4 Å². The van der Waals surface area contributed by atoms with E-state index in [4.69, 9.17) is 0 Å². The highest BCUT2D eigenvalue weighted by Gasteiger charge is 2.15. The maximum atomic E-state index is 12.8. The molecule has 1 heterocycles. The fourth-order valence-corrected chi connectivity index (χ4v) is 2.92. The van der Waals surface area contributed by atoms with E-state index in [1.54, 1.807) is 6.20 Å². The first-order valence-corrected chi connectivity index (χ1v) is 8.22. The van der Waals surface area contributed by atoms with Gasteiger partial charge in [0, 0.05) is 11.1 Å². The molecule has 4 rings (SSSR count). The van der Waals surface area contributed by atoms with Crippen molar-refractivity contribution in [2.45, 2.75) is 6.54 Å². The SMILES string of the molecule is O=C(c1ccc2ccccc2c1)c1c[n+](Cc2ccccc2)ccn1. The van der Waals surface area contributed by atoms with Crippen molar-refractivity contribution in [1.82, 2.24) is 4.98 Å². The number of carbonyl (C=O) groups is 1. The fraction of sp³-hybridized carbons (Fsp3) is 0.0455. The van der Waals surface area contributed by atoms with Gasteiger partial charge in [0.1, 0.15) is 0 Å². The van der Waals surface area contributed by atoms with E-state index in [0.29, 0.717) is 17.8 Å². The number of nitrogens with zero attached hydrogens (tertiary/aromatic N) is 2. The van der Waals surface area contributed by atoms with Crippen LogP contribution in [0, 0.1) is 0 Å². The first-order chi connectivity index (χ1) is 12.3. The molecule has 0 spiro atoms. The molecular formula is C22H17N2O+. The smallest absolute Gasteiger partial charge is 0.217 e. The summed E-state index contributed by atoms with van der Waals surface area (Å²) < 4.78 is 1.98. The van der Waals surface area contributed by atoms with Gasteiger partial charge in [0.2, 0.25) is 5.78 Å². The zero-order chi connectivity index (χ0) is 17.1. The average Bonchev–Trinajstić information content (AvgIpc) is 2.68. The standard InChI is InChI=1S/C22H17N2O/c25-22(20-11-10-18-8-4-5-9-19(18)14-20)21-16-24(13-12-23-21)15-17-6-2-1-3-7-17/h1-14,16H,15H2/q+1. The summed E-state index contributed by atoms with van der Waals surface area (Å²) in [7, 11) is 0. The Hall–Kier alpha value is -3.33. The molecule has 4 aromatic rings. The molecule has 0 fully saturated rings. The molecule has 0 aliphatic heterocycles. The van der Waals surface area contributed by atoms with Crippen LogP contribution in [0.25, 0.3) is 10.8 Å². The highest BCUT2D eigenvalue weighted by molar-refractivity contribution is 6.09. The molecule has 120 valence electrons. The molecule has 0 radical (unpaired) electrons. The second kappa shape index (κ2) is 6.65. The normalized spacial score (nSPS) is 10.7. The molecule has 0 N–H and O–H groups in total. The summed E-state index contributed by atoms with van der Waals surface area (Å²) in [6, 6.07) is 23.9. The molecule has 0 aliphatic rings. The second-order valence-electron chi connectivity index (χ2n) is 5.99. The third-order valence-electron chi connectivity index (χ3n) is 4.21. The fourth-order valence-electron chi connectivity index (χ4n) is 2.92. The van der Waals surface area contributed by atoms with E-state index in [-0.39, 0.29) is 5.78 Å². The van der Waals surface area contributed by atoms with Gasteiger partial charge < -0.3 is 0 Å². The molecule has 0 atom stereocenters. The van der Waals surface area contributed by atoms with Crippen LogP contribution in [0.3, 0.4) is 0 Å². The Bertz CT molecular complexity index is 1040. The molecule has 3 nitrogen and oxygen atoms in total. The molecule has 0 saturated carbocycles. The molecule has 0 bridgehead atoms. The molecule has 25 heavy (non-hydrogen) atoms. The van der Waals surface area contributed by atoms with Crippen LogP contribution in [-0.2, 0) is 6.54 Å². The van der Waals surface area contributed by atoms with Gasteiger partial charge in [-0.3, -0.25) is 4.79 Å². The van der Waals surface area contributed by atoms with Crippen molar-refractivity contribution in [3.63, 3.8) is 0 Å². The Morgan fingerprint density at radius 2 is 1.64 bits per heavy atom. The lowest BCUT2D eigenvalue weighted by atomic mass is 10.0. The topological polar surface area (TPSA) is 33.8 Å². The second-order valence-corrected chi connectivity index (χ2v) is 5.99. The van der Waals surface area contributed by atoms with Crippen LogP contribution >= 0.6 is 0 Å². The molecule has 0 amide bonds. The zero-order valence-corrected chi connectivity index (χ0v) is 13.7. The van der Waals surface area contributed by atoms with Crippen molar-refractivity contribution in [3.05, 3.63) is 108 Å². The van der Waals surface area contributed by atoms with E-state index in [0.717, 1.165) is 10.8 Å². The molecule has 0 saturated heterocycles.